The number of anilines is 1. The second-order valence-corrected chi connectivity index (χ2v) is 10.3. The van der Waals surface area contributed by atoms with Crippen molar-refractivity contribution < 1.29 is 13.2 Å². The summed E-state index contributed by atoms with van der Waals surface area (Å²) in [5, 5.41) is 0. The average molecular weight is 431 g/mol. The van der Waals surface area contributed by atoms with Gasteiger partial charge in [-0.1, -0.05) is 42.5 Å². The van der Waals surface area contributed by atoms with Gasteiger partial charge in [0.15, 0.2) is 0 Å². The van der Waals surface area contributed by atoms with E-state index >= 15 is 0 Å². The van der Waals surface area contributed by atoms with Crippen LogP contribution in [0.4, 0.5) is 5.69 Å². The Bertz CT molecular complexity index is 957. The fourth-order valence-corrected chi connectivity index (χ4v) is 6.74. The summed E-state index contributed by atoms with van der Waals surface area (Å²) in [5.41, 5.74) is 1.84. The maximum atomic E-state index is 13.8. The second kappa shape index (κ2) is 8.81. The molecular formula is C22H26N2O3S2. The summed E-state index contributed by atoms with van der Waals surface area (Å²) in [4.78, 5) is 2.46. The number of hydrogen-bond acceptors (Lipinski definition) is 5. The Labute approximate surface area is 177 Å². The standard InChI is InChI=1S/C22H26N2O3S2/c1-2-11-24-19(16-18-7-4-3-5-8-18)17-27-21-10-6-9-20(22(21)29(24,25)26)23-12-14-28-15-13-23/h2-10,19H,1,11-17H2/t19-/m1/s1. The van der Waals surface area contributed by atoms with Gasteiger partial charge < -0.3 is 9.64 Å². The van der Waals surface area contributed by atoms with Crippen molar-refractivity contribution in [3.63, 3.8) is 0 Å². The molecule has 0 spiro atoms. The first-order valence-corrected chi connectivity index (χ1v) is 12.5. The summed E-state index contributed by atoms with van der Waals surface area (Å²) >= 11 is 1.90. The third-order valence-electron chi connectivity index (χ3n) is 5.34. The first kappa shape index (κ1) is 20.3. The lowest BCUT2D eigenvalue weighted by atomic mass is 10.1. The van der Waals surface area contributed by atoms with E-state index in [2.05, 4.69) is 11.5 Å². The highest BCUT2D eigenvalue weighted by molar-refractivity contribution is 7.99. The van der Waals surface area contributed by atoms with Crippen LogP contribution in [0.1, 0.15) is 5.56 Å². The maximum Gasteiger partial charge on any atom is 0.249 e. The molecule has 0 aromatic heterocycles. The van der Waals surface area contributed by atoms with Gasteiger partial charge in [0.1, 0.15) is 17.3 Å². The van der Waals surface area contributed by atoms with Crippen LogP contribution in [-0.2, 0) is 16.4 Å². The van der Waals surface area contributed by atoms with E-state index in [1.165, 1.54) is 0 Å². The van der Waals surface area contributed by atoms with E-state index in [1.807, 2.05) is 54.2 Å². The van der Waals surface area contributed by atoms with Crippen molar-refractivity contribution in [2.75, 3.05) is 42.6 Å². The number of rotatable bonds is 5. The lowest BCUT2D eigenvalue weighted by molar-refractivity contribution is 0.219. The summed E-state index contributed by atoms with van der Waals surface area (Å²) < 4.78 is 35.3. The quantitative estimate of drug-likeness (QED) is 0.681. The summed E-state index contributed by atoms with van der Waals surface area (Å²) in [6.45, 7) is 6.05. The molecule has 1 fully saturated rings. The third-order valence-corrected chi connectivity index (χ3v) is 8.27. The van der Waals surface area contributed by atoms with Crippen LogP contribution >= 0.6 is 11.8 Å². The van der Waals surface area contributed by atoms with Gasteiger partial charge >= 0.3 is 0 Å². The van der Waals surface area contributed by atoms with Crippen LogP contribution < -0.4 is 9.64 Å². The van der Waals surface area contributed by atoms with Crippen LogP contribution in [0, 0.1) is 0 Å². The highest BCUT2D eigenvalue weighted by Crippen LogP contribution is 2.39. The van der Waals surface area contributed by atoms with Crippen LogP contribution in [0.3, 0.4) is 0 Å². The predicted molar refractivity (Wildman–Crippen MR) is 119 cm³/mol. The maximum absolute atomic E-state index is 13.8. The van der Waals surface area contributed by atoms with Gasteiger partial charge in [-0.2, -0.15) is 16.1 Å². The number of benzene rings is 2. The molecule has 154 valence electrons. The summed E-state index contributed by atoms with van der Waals surface area (Å²) in [7, 11) is -3.74. The minimum atomic E-state index is -3.74. The van der Waals surface area contributed by atoms with Crippen molar-refractivity contribution in [2.45, 2.75) is 17.4 Å². The molecule has 1 atom stereocenters. The van der Waals surface area contributed by atoms with Crippen molar-refractivity contribution in [1.82, 2.24) is 4.31 Å². The van der Waals surface area contributed by atoms with Gasteiger partial charge in [0.2, 0.25) is 10.0 Å². The Balaban J connectivity index is 1.76. The fraction of sp³-hybridized carbons (Fsp3) is 0.364. The molecule has 0 unspecified atom stereocenters. The average Bonchev–Trinajstić information content (AvgIpc) is 2.85. The van der Waals surface area contributed by atoms with Gasteiger partial charge in [0.05, 0.1) is 11.7 Å². The summed E-state index contributed by atoms with van der Waals surface area (Å²) in [6, 6.07) is 15.2. The molecule has 0 saturated carbocycles. The molecule has 0 aliphatic carbocycles. The number of fused-ring (bicyclic) bond motifs is 1. The van der Waals surface area contributed by atoms with Crippen LogP contribution in [0.15, 0.2) is 66.1 Å². The predicted octanol–water partition coefficient (Wildman–Crippen LogP) is 3.42. The molecule has 0 bridgehead atoms. The highest BCUT2D eigenvalue weighted by Gasteiger charge is 2.39. The Kier molecular flexibility index (Phi) is 6.18. The molecule has 5 nitrogen and oxygen atoms in total. The molecule has 0 radical (unpaired) electrons. The SMILES string of the molecule is C=CCN1[C@H](Cc2ccccc2)COc2cccc(N3CCSCC3)c2S1(=O)=O. The van der Waals surface area contributed by atoms with Crippen molar-refractivity contribution in [3.05, 3.63) is 66.7 Å². The Morgan fingerprint density at radius 2 is 1.86 bits per heavy atom. The molecule has 7 heteroatoms. The van der Waals surface area contributed by atoms with Crippen molar-refractivity contribution >= 4 is 27.5 Å². The normalized spacial score (nSPS) is 21.7. The molecule has 2 aliphatic rings. The lowest BCUT2D eigenvalue weighted by Crippen LogP contribution is -2.43. The first-order valence-electron chi connectivity index (χ1n) is 9.86. The second-order valence-electron chi connectivity index (χ2n) is 7.22. The molecule has 29 heavy (non-hydrogen) atoms. The van der Waals surface area contributed by atoms with Crippen LogP contribution in [0.25, 0.3) is 0 Å². The minimum Gasteiger partial charge on any atom is -0.490 e. The molecule has 0 N–H and O–H groups in total. The number of hydrogen-bond donors (Lipinski definition) is 0. The third kappa shape index (κ3) is 4.17. The van der Waals surface area contributed by atoms with Crippen molar-refractivity contribution in [3.8, 4) is 5.75 Å². The lowest BCUT2D eigenvalue weighted by Gasteiger charge is -2.32. The van der Waals surface area contributed by atoms with E-state index in [0.29, 0.717) is 23.7 Å². The Morgan fingerprint density at radius 3 is 2.59 bits per heavy atom. The largest absolute Gasteiger partial charge is 0.490 e. The fourth-order valence-electron chi connectivity index (χ4n) is 3.93. The Morgan fingerprint density at radius 1 is 1.10 bits per heavy atom. The number of sulfonamides is 1. The molecule has 2 aromatic rings. The van der Waals surface area contributed by atoms with Crippen LogP contribution in [0.2, 0.25) is 0 Å². The van der Waals surface area contributed by atoms with Crippen LogP contribution in [0.5, 0.6) is 5.75 Å². The van der Waals surface area contributed by atoms with E-state index in [-0.39, 0.29) is 12.6 Å². The number of thioether (sulfide) groups is 1. The van der Waals surface area contributed by atoms with Crippen molar-refractivity contribution in [1.29, 1.82) is 0 Å². The topological polar surface area (TPSA) is 49.9 Å². The zero-order valence-electron chi connectivity index (χ0n) is 16.4. The zero-order valence-corrected chi connectivity index (χ0v) is 18.0. The monoisotopic (exact) mass is 430 g/mol. The molecule has 0 amide bonds. The van der Waals surface area contributed by atoms with Gasteiger partial charge in [0, 0.05) is 31.1 Å². The zero-order chi connectivity index (χ0) is 20.3. The van der Waals surface area contributed by atoms with Crippen molar-refractivity contribution in [2.24, 2.45) is 0 Å². The van der Waals surface area contributed by atoms with E-state index in [0.717, 1.165) is 35.8 Å². The van der Waals surface area contributed by atoms with E-state index in [4.69, 9.17) is 4.74 Å². The smallest absolute Gasteiger partial charge is 0.249 e. The van der Waals surface area contributed by atoms with Gasteiger partial charge in [-0.25, -0.2) is 8.42 Å². The molecular weight excluding hydrogens is 404 g/mol. The first-order chi connectivity index (χ1) is 14.1. The highest BCUT2D eigenvalue weighted by atomic mass is 32.2. The van der Waals surface area contributed by atoms with Gasteiger partial charge in [-0.05, 0) is 24.1 Å². The van der Waals surface area contributed by atoms with E-state index in [9.17, 15) is 8.42 Å². The molecule has 2 aromatic carbocycles. The van der Waals surface area contributed by atoms with Gasteiger partial charge in [-0.15, -0.1) is 6.58 Å². The van der Waals surface area contributed by atoms with Crippen LogP contribution in [-0.4, -0.2) is 56.5 Å². The molecule has 2 heterocycles. The Hall–Kier alpha value is -1.96. The van der Waals surface area contributed by atoms with E-state index < -0.39 is 10.0 Å². The molecule has 2 aliphatic heterocycles. The summed E-state index contributed by atoms with van der Waals surface area (Å²) in [5.74, 6) is 2.44. The molecule has 1 saturated heterocycles. The molecule has 4 rings (SSSR count). The number of nitrogens with zero attached hydrogens (tertiary/aromatic N) is 2. The van der Waals surface area contributed by atoms with E-state index in [1.54, 1.807) is 16.4 Å². The minimum absolute atomic E-state index is 0.257. The number of ether oxygens (including phenoxy) is 1. The van der Waals surface area contributed by atoms with Gasteiger partial charge in [-0.3, -0.25) is 0 Å². The van der Waals surface area contributed by atoms with Gasteiger partial charge in [0.25, 0.3) is 0 Å². The summed E-state index contributed by atoms with van der Waals surface area (Å²) in [6.07, 6.45) is 2.25.